The van der Waals surface area contributed by atoms with Gasteiger partial charge in [-0.25, -0.2) is 0 Å². The highest BCUT2D eigenvalue weighted by molar-refractivity contribution is 6.30. The summed E-state index contributed by atoms with van der Waals surface area (Å²) in [6.07, 6.45) is 0. The lowest BCUT2D eigenvalue weighted by Gasteiger charge is -2.14. The minimum Gasteiger partial charge on any atom is -0.355 e. The van der Waals surface area contributed by atoms with E-state index in [1.807, 2.05) is 38.1 Å². The molecule has 0 unspecified atom stereocenters. The first-order valence-corrected chi connectivity index (χ1v) is 5.76. The second-order valence-electron chi connectivity index (χ2n) is 3.61. The summed E-state index contributed by atoms with van der Waals surface area (Å²) in [6, 6.07) is 7.74. The Morgan fingerprint density at radius 2 is 2.25 bits per heavy atom. The van der Waals surface area contributed by atoms with E-state index in [9.17, 15) is 4.79 Å². The van der Waals surface area contributed by atoms with Crippen LogP contribution in [0.2, 0.25) is 5.02 Å². The standard InChI is InChI=1S/C12H17ClN2O/c1-3-14-12(16)8-15-9(2)10-5-4-6-11(13)7-10/h4-7,9,15H,3,8H2,1-2H3,(H,14,16)/t9-/m0/s1. The molecule has 2 N–H and O–H groups in total. The minimum atomic E-state index is 0.0105. The highest BCUT2D eigenvalue weighted by Crippen LogP contribution is 2.16. The lowest BCUT2D eigenvalue weighted by Crippen LogP contribution is -2.34. The third-order valence-electron chi connectivity index (χ3n) is 2.29. The van der Waals surface area contributed by atoms with Gasteiger partial charge in [-0.3, -0.25) is 4.79 Å². The highest BCUT2D eigenvalue weighted by Gasteiger charge is 2.07. The number of hydrogen-bond donors (Lipinski definition) is 2. The number of halogens is 1. The molecule has 0 aliphatic heterocycles. The fraction of sp³-hybridized carbons (Fsp3) is 0.417. The second kappa shape index (κ2) is 6.51. The van der Waals surface area contributed by atoms with Crippen molar-refractivity contribution < 1.29 is 4.79 Å². The molecule has 3 nitrogen and oxygen atoms in total. The van der Waals surface area contributed by atoms with Gasteiger partial charge in [0.25, 0.3) is 0 Å². The molecule has 4 heteroatoms. The number of carbonyl (C=O) groups is 1. The minimum absolute atomic E-state index is 0.0105. The molecule has 0 saturated carbocycles. The van der Waals surface area contributed by atoms with E-state index in [2.05, 4.69) is 10.6 Å². The van der Waals surface area contributed by atoms with Crippen LogP contribution >= 0.6 is 11.6 Å². The Balaban J connectivity index is 2.46. The topological polar surface area (TPSA) is 41.1 Å². The van der Waals surface area contributed by atoms with Crippen molar-refractivity contribution in [2.24, 2.45) is 0 Å². The van der Waals surface area contributed by atoms with Crippen LogP contribution in [0.1, 0.15) is 25.5 Å². The van der Waals surface area contributed by atoms with Crippen molar-refractivity contribution in [3.63, 3.8) is 0 Å². The van der Waals surface area contributed by atoms with E-state index in [0.29, 0.717) is 18.1 Å². The molecular weight excluding hydrogens is 224 g/mol. The molecule has 0 heterocycles. The molecule has 16 heavy (non-hydrogen) atoms. The van der Waals surface area contributed by atoms with E-state index >= 15 is 0 Å². The van der Waals surface area contributed by atoms with Gasteiger partial charge < -0.3 is 10.6 Å². The fourth-order valence-corrected chi connectivity index (χ4v) is 1.60. The Bertz CT molecular complexity index is 355. The van der Waals surface area contributed by atoms with Gasteiger partial charge in [-0.2, -0.15) is 0 Å². The van der Waals surface area contributed by atoms with E-state index in [0.717, 1.165) is 5.56 Å². The molecule has 0 aliphatic carbocycles. The number of rotatable bonds is 5. The number of hydrogen-bond acceptors (Lipinski definition) is 2. The molecule has 1 amide bonds. The summed E-state index contributed by atoms with van der Waals surface area (Å²) >= 11 is 5.89. The van der Waals surface area contributed by atoms with E-state index in [1.165, 1.54) is 0 Å². The maximum Gasteiger partial charge on any atom is 0.233 e. The van der Waals surface area contributed by atoms with Crippen LogP contribution in [0.3, 0.4) is 0 Å². The smallest absolute Gasteiger partial charge is 0.233 e. The van der Waals surface area contributed by atoms with Gasteiger partial charge in [0.15, 0.2) is 0 Å². The molecule has 1 rings (SSSR count). The Morgan fingerprint density at radius 3 is 2.88 bits per heavy atom. The molecule has 0 aliphatic rings. The highest BCUT2D eigenvalue weighted by atomic mass is 35.5. The maximum absolute atomic E-state index is 11.2. The SMILES string of the molecule is CCNC(=O)CN[C@@H](C)c1cccc(Cl)c1. The summed E-state index contributed by atoms with van der Waals surface area (Å²) in [7, 11) is 0. The zero-order valence-electron chi connectivity index (χ0n) is 9.59. The Kier molecular flexibility index (Phi) is 5.29. The van der Waals surface area contributed by atoms with Gasteiger partial charge >= 0.3 is 0 Å². The summed E-state index contributed by atoms with van der Waals surface area (Å²) in [6.45, 7) is 4.89. The van der Waals surface area contributed by atoms with Crippen molar-refractivity contribution in [1.82, 2.24) is 10.6 Å². The van der Waals surface area contributed by atoms with Crippen molar-refractivity contribution >= 4 is 17.5 Å². The molecule has 0 fully saturated rings. The van der Waals surface area contributed by atoms with E-state index in [-0.39, 0.29) is 11.9 Å². The quantitative estimate of drug-likeness (QED) is 0.828. The number of likely N-dealkylation sites (N-methyl/N-ethyl adjacent to an activating group) is 1. The largest absolute Gasteiger partial charge is 0.355 e. The fourth-order valence-electron chi connectivity index (χ4n) is 1.40. The van der Waals surface area contributed by atoms with Crippen LogP contribution in [0.25, 0.3) is 0 Å². The molecule has 0 bridgehead atoms. The van der Waals surface area contributed by atoms with Crippen LogP contribution in [-0.4, -0.2) is 19.0 Å². The molecule has 1 aromatic carbocycles. The molecule has 88 valence electrons. The van der Waals surface area contributed by atoms with Gasteiger partial charge in [0.2, 0.25) is 5.91 Å². The molecule has 1 atom stereocenters. The van der Waals surface area contributed by atoms with Crippen molar-refractivity contribution in [2.75, 3.05) is 13.1 Å². The van der Waals surface area contributed by atoms with E-state index in [4.69, 9.17) is 11.6 Å². The lowest BCUT2D eigenvalue weighted by molar-refractivity contribution is -0.120. The first-order chi connectivity index (χ1) is 7.63. The van der Waals surface area contributed by atoms with Crippen LogP contribution < -0.4 is 10.6 Å². The summed E-state index contributed by atoms with van der Waals surface area (Å²) < 4.78 is 0. The van der Waals surface area contributed by atoms with Gasteiger partial charge in [-0.15, -0.1) is 0 Å². The average Bonchev–Trinajstić information content (AvgIpc) is 2.26. The van der Waals surface area contributed by atoms with Gasteiger partial charge in [0, 0.05) is 17.6 Å². The number of nitrogens with one attached hydrogen (secondary N) is 2. The van der Waals surface area contributed by atoms with Crippen LogP contribution in [0.15, 0.2) is 24.3 Å². The van der Waals surface area contributed by atoms with Crippen LogP contribution in [-0.2, 0) is 4.79 Å². The molecular formula is C12H17ClN2O. The molecule has 0 spiro atoms. The third kappa shape index (κ3) is 4.21. The number of carbonyl (C=O) groups excluding carboxylic acids is 1. The maximum atomic E-state index is 11.2. The van der Waals surface area contributed by atoms with E-state index < -0.39 is 0 Å². The zero-order chi connectivity index (χ0) is 12.0. The van der Waals surface area contributed by atoms with Gasteiger partial charge in [0.1, 0.15) is 0 Å². The Labute approximate surface area is 101 Å². The van der Waals surface area contributed by atoms with Crippen molar-refractivity contribution in [1.29, 1.82) is 0 Å². The monoisotopic (exact) mass is 240 g/mol. The predicted molar refractivity (Wildman–Crippen MR) is 66.6 cm³/mol. The molecule has 0 saturated heterocycles. The Hall–Kier alpha value is -1.06. The van der Waals surface area contributed by atoms with Gasteiger partial charge in [-0.1, -0.05) is 23.7 Å². The normalized spacial score (nSPS) is 12.2. The molecule has 0 aromatic heterocycles. The van der Waals surface area contributed by atoms with Gasteiger partial charge in [0.05, 0.1) is 6.54 Å². The average molecular weight is 241 g/mol. The predicted octanol–water partition coefficient (Wildman–Crippen LogP) is 2.13. The van der Waals surface area contributed by atoms with Crippen LogP contribution in [0.5, 0.6) is 0 Å². The first kappa shape index (κ1) is 13.0. The van der Waals surface area contributed by atoms with Crippen molar-refractivity contribution in [3.8, 4) is 0 Å². The first-order valence-electron chi connectivity index (χ1n) is 5.39. The van der Waals surface area contributed by atoms with Gasteiger partial charge in [-0.05, 0) is 31.5 Å². The zero-order valence-corrected chi connectivity index (χ0v) is 10.3. The molecule has 1 aromatic rings. The second-order valence-corrected chi connectivity index (χ2v) is 4.05. The summed E-state index contributed by atoms with van der Waals surface area (Å²) in [5.41, 5.74) is 1.08. The summed E-state index contributed by atoms with van der Waals surface area (Å²) in [5.74, 6) is 0.0105. The van der Waals surface area contributed by atoms with Crippen molar-refractivity contribution in [2.45, 2.75) is 19.9 Å². The van der Waals surface area contributed by atoms with Crippen molar-refractivity contribution in [3.05, 3.63) is 34.9 Å². The van der Waals surface area contributed by atoms with Crippen LogP contribution in [0, 0.1) is 0 Å². The molecule has 0 radical (unpaired) electrons. The lowest BCUT2D eigenvalue weighted by atomic mass is 10.1. The van der Waals surface area contributed by atoms with E-state index in [1.54, 1.807) is 0 Å². The number of benzene rings is 1. The summed E-state index contributed by atoms with van der Waals surface area (Å²) in [5, 5.41) is 6.59. The number of amides is 1. The summed E-state index contributed by atoms with van der Waals surface area (Å²) in [4.78, 5) is 11.2. The van der Waals surface area contributed by atoms with Crippen LogP contribution in [0.4, 0.5) is 0 Å². The Morgan fingerprint density at radius 1 is 1.50 bits per heavy atom. The third-order valence-corrected chi connectivity index (χ3v) is 2.53.